The molecular weight excluding hydrogens is 260 g/mol. The van der Waals surface area contributed by atoms with Gasteiger partial charge in [0.1, 0.15) is 5.75 Å². The lowest BCUT2D eigenvalue weighted by atomic mass is 9.82. The van der Waals surface area contributed by atoms with Crippen LogP contribution in [0.1, 0.15) is 31.7 Å². The first kappa shape index (κ1) is 14.1. The van der Waals surface area contributed by atoms with Crippen molar-refractivity contribution in [2.45, 2.75) is 31.6 Å². The van der Waals surface area contributed by atoms with E-state index < -0.39 is 0 Å². The molecule has 2 unspecified atom stereocenters. The average molecular weight is 279 g/mol. The molecule has 2 rings (SSSR count). The molecule has 102 valence electrons. The van der Waals surface area contributed by atoms with Gasteiger partial charge in [0.15, 0.2) is 5.78 Å². The summed E-state index contributed by atoms with van der Waals surface area (Å²) in [5, 5.41) is -0.365. The van der Waals surface area contributed by atoms with Crippen LogP contribution in [0.25, 0.3) is 6.08 Å². The Kier molecular flexibility index (Phi) is 4.65. The molecule has 0 heterocycles. The molecule has 0 N–H and O–H groups in total. The predicted octanol–water partition coefficient (Wildman–Crippen LogP) is 4.08. The molecule has 19 heavy (non-hydrogen) atoms. The fourth-order valence-corrected chi connectivity index (χ4v) is 2.86. The molecule has 0 aromatic heterocycles. The summed E-state index contributed by atoms with van der Waals surface area (Å²) in [7, 11) is 1.64. The third-order valence-electron chi connectivity index (χ3n) is 3.66. The lowest BCUT2D eigenvalue weighted by Gasteiger charge is -2.25. The molecule has 1 aliphatic rings. The largest absolute Gasteiger partial charge is 0.497 e. The summed E-state index contributed by atoms with van der Waals surface area (Å²) in [4.78, 5) is 12.1. The molecule has 1 aromatic carbocycles. The zero-order valence-electron chi connectivity index (χ0n) is 11.4. The number of ether oxygens (including phenoxy) is 1. The summed E-state index contributed by atoms with van der Waals surface area (Å²) in [5.41, 5.74) is 1.83. The van der Waals surface area contributed by atoms with Gasteiger partial charge in [0.05, 0.1) is 12.5 Å². The number of methoxy groups -OCH3 is 1. The van der Waals surface area contributed by atoms with Gasteiger partial charge in [-0.25, -0.2) is 0 Å². The van der Waals surface area contributed by atoms with E-state index in [-0.39, 0.29) is 11.2 Å². The number of allylic oxidation sites excluding steroid dienone is 1. The standard InChI is InChI=1S/C16H19ClO2/c1-3-11-7-13(16(18)15(17)10-11)8-12-5-4-6-14(9-12)19-2/h4-6,8-9,11,15H,3,7,10H2,1-2H3. The molecule has 2 atom stereocenters. The third kappa shape index (κ3) is 3.38. The lowest BCUT2D eigenvalue weighted by Crippen LogP contribution is -2.27. The molecule has 0 amide bonds. The molecule has 2 nitrogen and oxygen atoms in total. The maximum absolute atomic E-state index is 12.1. The van der Waals surface area contributed by atoms with Gasteiger partial charge in [-0.05, 0) is 48.1 Å². The van der Waals surface area contributed by atoms with Crippen LogP contribution in [0.2, 0.25) is 0 Å². The molecule has 3 heteroatoms. The molecule has 0 saturated heterocycles. The zero-order chi connectivity index (χ0) is 13.8. The van der Waals surface area contributed by atoms with E-state index in [9.17, 15) is 4.79 Å². The lowest BCUT2D eigenvalue weighted by molar-refractivity contribution is -0.116. The zero-order valence-corrected chi connectivity index (χ0v) is 12.1. The number of alkyl halides is 1. The van der Waals surface area contributed by atoms with Crippen molar-refractivity contribution in [1.82, 2.24) is 0 Å². The van der Waals surface area contributed by atoms with Gasteiger partial charge in [-0.2, -0.15) is 0 Å². The van der Waals surface area contributed by atoms with Crippen molar-refractivity contribution in [3.8, 4) is 5.75 Å². The van der Waals surface area contributed by atoms with Crippen molar-refractivity contribution in [3.63, 3.8) is 0 Å². The molecular formula is C16H19ClO2. The maximum Gasteiger partial charge on any atom is 0.176 e. The van der Waals surface area contributed by atoms with Crippen LogP contribution in [0.5, 0.6) is 5.75 Å². The highest BCUT2D eigenvalue weighted by Crippen LogP contribution is 2.32. The summed E-state index contributed by atoms with van der Waals surface area (Å²) >= 11 is 6.15. The van der Waals surface area contributed by atoms with Crippen molar-refractivity contribution in [2.75, 3.05) is 7.11 Å². The van der Waals surface area contributed by atoms with Gasteiger partial charge in [0, 0.05) is 0 Å². The fourth-order valence-electron chi connectivity index (χ4n) is 2.47. The number of halogens is 1. The van der Waals surface area contributed by atoms with Crippen LogP contribution in [0, 0.1) is 5.92 Å². The van der Waals surface area contributed by atoms with Crippen molar-refractivity contribution in [2.24, 2.45) is 5.92 Å². The van der Waals surface area contributed by atoms with Crippen LogP contribution in [-0.4, -0.2) is 18.3 Å². The Morgan fingerprint density at radius 3 is 2.95 bits per heavy atom. The van der Waals surface area contributed by atoms with Gasteiger partial charge in [0.25, 0.3) is 0 Å². The van der Waals surface area contributed by atoms with Crippen LogP contribution in [-0.2, 0) is 4.79 Å². The minimum absolute atomic E-state index is 0.0780. The van der Waals surface area contributed by atoms with Gasteiger partial charge >= 0.3 is 0 Å². The van der Waals surface area contributed by atoms with E-state index >= 15 is 0 Å². The Morgan fingerprint density at radius 2 is 2.26 bits per heavy atom. The Labute approximate surface area is 119 Å². The first-order valence-corrected chi connectivity index (χ1v) is 7.10. The SMILES string of the molecule is CCC1CC(=Cc2cccc(OC)c2)C(=O)C(Cl)C1. The van der Waals surface area contributed by atoms with Crippen LogP contribution >= 0.6 is 11.6 Å². The Bertz CT molecular complexity index is 493. The number of hydrogen-bond acceptors (Lipinski definition) is 2. The molecule has 0 radical (unpaired) electrons. The molecule has 1 saturated carbocycles. The minimum atomic E-state index is -0.365. The van der Waals surface area contributed by atoms with E-state index in [1.165, 1.54) is 0 Å². The second kappa shape index (κ2) is 6.25. The number of ketones is 1. The van der Waals surface area contributed by atoms with E-state index in [0.717, 1.165) is 36.1 Å². The molecule has 1 aliphatic carbocycles. The average Bonchev–Trinajstić information content (AvgIpc) is 2.43. The summed E-state index contributed by atoms with van der Waals surface area (Å²) < 4.78 is 5.19. The number of Topliss-reactive ketones (excluding diaryl/α,β-unsaturated/α-hetero) is 1. The van der Waals surface area contributed by atoms with Gasteiger partial charge in [-0.3, -0.25) is 4.79 Å². The van der Waals surface area contributed by atoms with E-state index in [1.54, 1.807) is 7.11 Å². The maximum atomic E-state index is 12.1. The number of benzene rings is 1. The van der Waals surface area contributed by atoms with Gasteiger partial charge in [-0.15, -0.1) is 11.6 Å². The Balaban J connectivity index is 2.26. The topological polar surface area (TPSA) is 26.3 Å². The number of rotatable bonds is 3. The molecule has 0 spiro atoms. The normalized spacial score (nSPS) is 25.6. The van der Waals surface area contributed by atoms with E-state index in [2.05, 4.69) is 6.92 Å². The molecule has 1 aromatic rings. The molecule has 1 fully saturated rings. The summed E-state index contributed by atoms with van der Waals surface area (Å²) in [6.07, 6.45) is 4.64. The highest BCUT2D eigenvalue weighted by molar-refractivity contribution is 6.34. The second-order valence-electron chi connectivity index (χ2n) is 4.99. The van der Waals surface area contributed by atoms with Gasteiger partial charge in [-0.1, -0.05) is 25.5 Å². The predicted molar refractivity (Wildman–Crippen MR) is 78.6 cm³/mol. The van der Waals surface area contributed by atoms with Crippen LogP contribution < -0.4 is 4.74 Å². The van der Waals surface area contributed by atoms with Gasteiger partial charge in [0.2, 0.25) is 0 Å². The summed E-state index contributed by atoms with van der Waals surface area (Å²) in [5.74, 6) is 1.39. The first-order valence-electron chi connectivity index (χ1n) is 6.67. The van der Waals surface area contributed by atoms with Crippen molar-refractivity contribution in [1.29, 1.82) is 0 Å². The van der Waals surface area contributed by atoms with Gasteiger partial charge < -0.3 is 4.74 Å². The van der Waals surface area contributed by atoms with E-state index in [0.29, 0.717) is 5.92 Å². The smallest absolute Gasteiger partial charge is 0.176 e. The summed E-state index contributed by atoms with van der Waals surface area (Å²) in [6, 6.07) is 7.72. The highest BCUT2D eigenvalue weighted by Gasteiger charge is 2.29. The fraction of sp³-hybridized carbons (Fsp3) is 0.438. The highest BCUT2D eigenvalue weighted by atomic mass is 35.5. The number of hydrogen-bond donors (Lipinski definition) is 0. The quantitative estimate of drug-likeness (QED) is 0.615. The van der Waals surface area contributed by atoms with Crippen LogP contribution in [0.4, 0.5) is 0 Å². The van der Waals surface area contributed by atoms with Crippen molar-refractivity contribution in [3.05, 3.63) is 35.4 Å². The Morgan fingerprint density at radius 1 is 1.47 bits per heavy atom. The molecule has 0 bridgehead atoms. The summed E-state index contributed by atoms with van der Waals surface area (Å²) in [6.45, 7) is 2.15. The van der Waals surface area contributed by atoms with E-state index in [1.807, 2.05) is 30.3 Å². The van der Waals surface area contributed by atoms with E-state index in [4.69, 9.17) is 16.3 Å². The van der Waals surface area contributed by atoms with Crippen molar-refractivity contribution < 1.29 is 9.53 Å². The Hall–Kier alpha value is -1.28. The minimum Gasteiger partial charge on any atom is -0.497 e. The number of carbonyl (C=O) groups is 1. The van der Waals surface area contributed by atoms with Crippen molar-refractivity contribution >= 4 is 23.5 Å². The number of carbonyl (C=O) groups excluding carboxylic acids is 1. The second-order valence-corrected chi connectivity index (χ2v) is 5.52. The van der Waals surface area contributed by atoms with Crippen LogP contribution in [0.3, 0.4) is 0 Å². The first-order chi connectivity index (χ1) is 9.13. The van der Waals surface area contributed by atoms with Crippen LogP contribution in [0.15, 0.2) is 29.8 Å². The monoisotopic (exact) mass is 278 g/mol. The third-order valence-corrected chi connectivity index (χ3v) is 4.04. The molecule has 0 aliphatic heterocycles.